The summed E-state index contributed by atoms with van der Waals surface area (Å²) in [6.07, 6.45) is 4.79. The maximum absolute atomic E-state index is 12.4. The molecule has 2 atom stereocenters. The van der Waals surface area contributed by atoms with Gasteiger partial charge in [0.25, 0.3) is 0 Å². The van der Waals surface area contributed by atoms with Crippen LogP contribution in [0.3, 0.4) is 0 Å². The molecule has 1 rings (SSSR count). The molecular formula is C17H27F2NO. The average molecular weight is 299 g/mol. The van der Waals surface area contributed by atoms with Crippen LogP contribution in [-0.4, -0.2) is 13.2 Å². The Morgan fingerprint density at radius 1 is 1.19 bits per heavy atom. The van der Waals surface area contributed by atoms with Crippen molar-refractivity contribution >= 4 is 0 Å². The zero-order valence-electron chi connectivity index (χ0n) is 13.2. The summed E-state index contributed by atoms with van der Waals surface area (Å²) in [5, 5.41) is 3.45. The minimum atomic E-state index is -2.79. The Balaban J connectivity index is 2.60. The predicted octanol–water partition coefficient (Wildman–Crippen LogP) is 5.16. The summed E-state index contributed by atoms with van der Waals surface area (Å²) in [6, 6.07) is 6.98. The van der Waals surface area contributed by atoms with Gasteiger partial charge in [0.15, 0.2) is 0 Å². The number of unbranched alkanes of at least 4 members (excludes halogenated alkanes) is 1. The summed E-state index contributed by atoms with van der Waals surface area (Å²) >= 11 is 0. The van der Waals surface area contributed by atoms with Gasteiger partial charge in [0.2, 0.25) is 0 Å². The van der Waals surface area contributed by atoms with Crippen molar-refractivity contribution in [1.29, 1.82) is 0 Å². The SMILES string of the molecule is CCCCC(CC)CNC(C)c1ccccc1OC(F)F. The lowest BCUT2D eigenvalue weighted by Crippen LogP contribution is -2.26. The topological polar surface area (TPSA) is 21.3 Å². The fourth-order valence-electron chi connectivity index (χ4n) is 2.44. The summed E-state index contributed by atoms with van der Waals surface area (Å²) < 4.78 is 29.4. The van der Waals surface area contributed by atoms with Crippen molar-refractivity contribution in [3.05, 3.63) is 29.8 Å². The van der Waals surface area contributed by atoms with E-state index in [1.165, 1.54) is 19.3 Å². The Kier molecular flexibility index (Phi) is 8.28. The first kappa shape index (κ1) is 17.9. The first-order valence-electron chi connectivity index (χ1n) is 7.85. The van der Waals surface area contributed by atoms with Gasteiger partial charge in [0, 0.05) is 11.6 Å². The van der Waals surface area contributed by atoms with Crippen LogP contribution in [0.2, 0.25) is 0 Å². The molecule has 0 aliphatic rings. The standard InChI is InChI=1S/C17H27F2NO/c1-4-6-9-14(5-2)12-20-13(3)15-10-7-8-11-16(15)21-17(18)19/h7-8,10-11,13-14,17,20H,4-6,9,12H2,1-3H3. The average Bonchev–Trinajstić information content (AvgIpc) is 2.47. The van der Waals surface area contributed by atoms with E-state index in [-0.39, 0.29) is 11.8 Å². The van der Waals surface area contributed by atoms with Gasteiger partial charge in [-0.05, 0) is 31.9 Å². The number of alkyl halides is 2. The molecule has 2 unspecified atom stereocenters. The minimum Gasteiger partial charge on any atom is -0.434 e. The molecule has 0 aromatic heterocycles. The van der Waals surface area contributed by atoms with Crippen molar-refractivity contribution in [2.24, 2.45) is 5.92 Å². The number of halogens is 2. The second-order valence-electron chi connectivity index (χ2n) is 5.46. The second kappa shape index (κ2) is 9.72. The van der Waals surface area contributed by atoms with Crippen LogP contribution in [0.5, 0.6) is 5.75 Å². The molecule has 0 amide bonds. The molecular weight excluding hydrogens is 272 g/mol. The largest absolute Gasteiger partial charge is 0.434 e. The highest BCUT2D eigenvalue weighted by Crippen LogP contribution is 2.26. The summed E-state index contributed by atoms with van der Waals surface area (Å²) in [5.41, 5.74) is 0.781. The van der Waals surface area contributed by atoms with E-state index in [0.29, 0.717) is 5.92 Å². The Hall–Kier alpha value is -1.16. The molecule has 0 fully saturated rings. The third kappa shape index (κ3) is 6.42. The van der Waals surface area contributed by atoms with Crippen LogP contribution < -0.4 is 10.1 Å². The minimum absolute atomic E-state index is 0.00405. The maximum Gasteiger partial charge on any atom is 0.387 e. The Labute approximate surface area is 126 Å². The molecule has 0 spiro atoms. The Morgan fingerprint density at radius 2 is 1.90 bits per heavy atom. The van der Waals surface area contributed by atoms with Crippen molar-refractivity contribution in [3.63, 3.8) is 0 Å². The first-order chi connectivity index (χ1) is 10.1. The number of rotatable bonds is 10. The van der Waals surface area contributed by atoms with Crippen LogP contribution in [0.15, 0.2) is 24.3 Å². The second-order valence-corrected chi connectivity index (χ2v) is 5.46. The van der Waals surface area contributed by atoms with E-state index in [1.54, 1.807) is 12.1 Å². The van der Waals surface area contributed by atoms with Gasteiger partial charge in [-0.3, -0.25) is 0 Å². The summed E-state index contributed by atoms with van der Waals surface area (Å²) in [5.74, 6) is 0.893. The van der Waals surface area contributed by atoms with Crippen LogP contribution in [-0.2, 0) is 0 Å². The molecule has 1 aromatic carbocycles. The van der Waals surface area contributed by atoms with E-state index in [1.807, 2.05) is 19.1 Å². The lowest BCUT2D eigenvalue weighted by Gasteiger charge is -2.21. The molecule has 0 saturated heterocycles. The fourth-order valence-corrected chi connectivity index (χ4v) is 2.44. The summed E-state index contributed by atoms with van der Waals surface area (Å²) in [4.78, 5) is 0. The third-order valence-electron chi connectivity index (χ3n) is 3.86. The molecule has 0 saturated carbocycles. The molecule has 0 bridgehead atoms. The van der Waals surface area contributed by atoms with Crippen molar-refractivity contribution in [2.75, 3.05) is 6.54 Å². The Morgan fingerprint density at radius 3 is 2.52 bits per heavy atom. The lowest BCUT2D eigenvalue weighted by atomic mass is 9.98. The third-order valence-corrected chi connectivity index (χ3v) is 3.86. The number of ether oxygens (including phenoxy) is 1. The quantitative estimate of drug-likeness (QED) is 0.644. The van der Waals surface area contributed by atoms with Gasteiger partial charge in [-0.15, -0.1) is 0 Å². The number of benzene rings is 1. The van der Waals surface area contributed by atoms with Gasteiger partial charge in [-0.1, -0.05) is 51.3 Å². The molecule has 1 aromatic rings. The van der Waals surface area contributed by atoms with Crippen LogP contribution >= 0.6 is 0 Å². The molecule has 0 aliphatic carbocycles. The maximum atomic E-state index is 12.4. The molecule has 2 nitrogen and oxygen atoms in total. The highest BCUT2D eigenvalue weighted by Gasteiger charge is 2.15. The van der Waals surface area contributed by atoms with Crippen molar-refractivity contribution in [1.82, 2.24) is 5.32 Å². The van der Waals surface area contributed by atoms with Gasteiger partial charge in [0.05, 0.1) is 0 Å². The molecule has 4 heteroatoms. The summed E-state index contributed by atoms with van der Waals surface area (Å²) in [7, 11) is 0. The smallest absolute Gasteiger partial charge is 0.387 e. The monoisotopic (exact) mass is 299 g/mol. The number of nitrogens with one attached hydrogen (secondary N) is 1. The van der Waals surface area contributed by atoms with Crippen LogP contribution in [0.1, 0.15) is 58.1 Å². The van der Waals surface area contributed by atoms with Crippen LogP contribution in [0, 0.1) is 5.92 Å². The molecule has 1 N–H and O–H groups in total. The van der Waals surface area contributed by atoms with E-state index in [4.69, 9.17) is 0 Å². The van der Waals surface area contributed by atoms with E-state index in [0.717, 1.165) is 18.5 Å². The fraction of sp³-hybridized carbons (Fsp3) is 0.647. The molecule has 0 aliphatic heterocycles. The highest BCUT2D eigenvalue weighted by molar-refractivity contribution is 5.35. The first-order valence-corrected chi connectivity index (χ1v) is 7.85. The van der Waals surface area contributed by atoms with Crippen molar-refractivity contribution in [3.8, 4) is 5.75 Å². The Bertz CT molecular complexity index is 398. The van der Waals surface area contributed by atoms with Gasteiger partial charge < -0.3 is 10.1 Å². The van der Waals surface area contributed by atoms with E-state index in [9.17, 15) is 8.78 Å². The molecule has 0 radical (unpaired) electrons. The van der Waals surface area contributed by atoms with E-state index in [2.05, 4.69) is 23.9 Å². The van der Waals surface area contributed by atoms with Gasteiger partial charge in [-0.2, -0.15) is 8.78 Å². The van der Waals surface area contributed by atoms with E-state index < -0.39 is 6.61 Å². The molecule has 0 heterocycles. The van der Waals surface area contributed by atoms with Crippen LogP contribution in [0.25, 0.3) is 0 Å². The number of hydrogen-bond donors (Lipinski definition) is 1. The highest BCUT2D eigenvalue weighted by atomic mass is 19.3. The van der Waals surface area contributed by atoms with E-state index >= 15 is 0 Å². The zero-order valence-corrected chi connectivity index (χ0v) is 13.2. The zero-order chi connectivity index (χ0) is 15.7. The molecule has 120 valence electrons. The summed E-state index contributed by atoms with van der Waals surface area (Å²) in [6.45, 7) is 4.49. The normalized spacial score (nSPS) is 14.2. The predicted molar refractivity (Wildman–Crippen MR) is 82.8 cm³/mol. The lowest BCUT2D eigenvalue weighted by molar-refractivity contribution is -0.0506. The molecule has 21 heavy (non-hydrogen) atoms. The van der Waals surface area contributed by atoms with Gasteiger partial charge in [0.1, 0.15) is 5.75 Å². The van der Waals surface area contributed by atoms with Crippen molar-refractivity contribution in [2.45, 2.75) is 59.1 Å². The van der Waals surface area contributed by atoms with Crippen LogP contribution in [0.4, 0.5) is 8.78 Å². The number of para-hydroxylation sites is 1. The van der Waals surface area contributed by atoms with Gasteiger partial charge >= 0.3 is 6.61 Å². The van der Waals surface area contributed by atoms with Crippen molar-refractivity contribution < 1.29 is 13.5 Å². The number of hydrogen-bond acceptors (Lipinski definition) is 2. The van der Waals surface area contributed by atoms with Gasteiger partial charge in [-0.25, -0.2) is 0 Å².